The molecular formula is C20H28N2O3S. The quantitative estimate of drug-likeness (QED) is 0.790. The monoisotopic (exact) mass is 376 g/mol. The summed E-state index contributed by atoms with van der Waals surface area (Å²) in [6.07, 6.45) is 9.03. The summed E-state index contributed by atoms with van der Waals surface area (Å²) < 4.78 is 5.03. The minimum absolute atomic E-state index is 0.0732. The SMILES string of the molecule is CCC(=O)N(c1cc(C2=CCCCC2)sc1C(=O)OC)C1CCNCC1. The fourth-order valence-corrected chi connectivity index (χ4v) is 4.92. The van der Waals surface area contributed by atoms with Crippen LogP contribution in [0.1, 0.15) is 66.4 Å². The van der Waals surface area contributed by atoms with Crippen LogP contribution in [0.2, 0.25) is 0 Å². The minimum Gasteiger partial charge on any atom is -0.465 e. The average Bonchev–Trinajstić information content (AvgIpc) is 3.14. The summed E-state index contributed by atoms with van der Waals surface area (Å²) in [4.78, 5) is 28.8. The first kappa shape index (κ1) is 19.1. The summed E-state index contributed by atoms with van der Waals surface area (Å²) in [5.74, 6) is -0.278. The lowest BCUT2D eigenvalue weighted by Gasteiger charge is -2.34. The zero-order chi connectivity index (χ0) is 18.5. The van der Waals surface area contributed by atoms with E-state index >= 15 is 0 Å². The van der Waals surface area contributed by atoms with E-state index in [-0.39, 0.29) is 17.9 Å². The van der Waals surface area contributed by atoms with Crippen LogP contribution < -0.4 is 10.2 Å². The standard InChI is InChI=1S/C20H28N2O3S/c1-3-18(23)22(15-9-11-21-12-10-15)16-13-17(14-7-5-4-6-8-14)26-19(16)20(24)25-2/h7,13,15,21H,3-6,8-12H2,1-2H3. The summed E-state index contributed by atoms with van der Waals surface area (Å²) >= 11 is 1.47. The number of ether oxygens (including phenoxy) is 1. The number of anilines is 1. The van der Waals surface area contributed by atoms with Crippen LogP contribution in [0, 0.1) is 0 Å². The molecule has 3 rings (SSSR count). The van der Waals surface area contributed by atoms with Crippen LogP contribution in [-0.4, -0.2) is 38.1 Å². The van der Waals surface area contributed by atoms with Crippen molar-refractivity contribution in [2.75, 3.05) is 25.1 Å². The number of piperidine rings is 1. The van der Waals surface area contributed by atoms with Crippen molar-refractivity contribution in [2.45, 2.75) is 57.9 Å². The molecule has 5 nitrogen and oxygen atoms in total. The lowest BCUT2D eigenvalue weighted by molar-refractivity contribution is -0.118. The molecule has 1 aromatic heterocycles. The van der Waals surface area contributed by atoms with Crippen molar-refractivity contribution in [2.24, 2.45) is 0 Å². The summed E-state index contributed by atoms with van der Waals surface area (Å²) in [7, 11) is 1.40. The van der Waals surface area contributed by atoms with Gasteiger partial charge in [-0.2, -0.15) is 0 Å². The largest absolute Gasteiger partial charge is 0.465 e. The number of hydrogen-bond acceptors (Lipinski definition) is 5. The third kappa shape index (κ3) is 4.01. The third-order valence-corrected chi connectivity index (χ3v) is 6.38. The minimum atomic E-state index is -0.351. The molecule has 1 fully saturated rings. The molecule has 2 heterocycles. The molecule has 0 aromatic carbocycles. The lowest BCUT2D eigenvalue weighted by Crippen LogP contribution is -2.46. The Balaban J connectivity index is 2.03. The molecule has 0 spiro atoms. The Morgan fingerprint density at radius 3 is 2.69 bits per heavy atom. The average molecular weight is 377 g/mol. The van der Waals surface area contributed by atoms with Gasteiger partial charge in [0.1, 0.15) is 4.88 Å². The molecule has 1 N–H and O–H groups in total. The lowest BCUT2D eigenvalue weighted by atomic mass is 9.98. The summed E-state index contributed by atoms with van der Waals surface area (Å²) in [5, 5.41) is 3.35. The molecule has 0 saturated carbocycles. The van der Waals surface area contributed by atoms with Crippen LogP contribution in [0.3, 0.4) is 0 Å². The smallest absolute Gasteiger partial charge is 0.350 e. The van der Waals surface area contributed by atoms with E-state index in [1.54, 1.807) is 0 Å². The van der Waals surface area contributed by atoms with E-state index in [4.69, 9.17) is 4.74 Å². The van der Waals surface area contributed by atoms with E-state index in [1.807, 2.05) is 17.9 Å². The van der Waals surface area contributed by atoms with Crippen LogP contribution in [0.25, 0.3) is 5.57 Å². The normalized spacial score (nSPS) is 18.3. The number of rotatable bonds is 5. The number of carbonyl (C=O) groups is 2. The van der Waals surface area contributed by atoms with Crippen LogP contribution in [0.5, 0.6) is 0 Å². The fourth-order valence-electron chi connectivity index (χ4n) is 3.79. The number of nitrogens with one attached hydrogen (secondary N) is 1. The maximum absolute atomic E-state index is 12.8. The summed E-state index contributed by atoms with van der Waals surface area (Å²) in [5.41, 5.74) is 2.04. The van der Waals surface area contributed by atoms with Crippen molar-refractivity contribution in [3.05, 3.63) is 21.9 Å². The van der Waals surface area contributed by atoms with Gasteiger partial charge in [-0.05, 0) is 63.3 Å². The molecule has 1 amide bonds. The number of methoxy groups -OCH3 is 1. The number of esters is 1. The molecule has 0 unspecified atom stereocenters. The van der Waals surface area contributed by atoms with Gasteiger partial charge in [-0.25, -0.2) is 4.79 Å². The van der Waals surface area contributed by atoms with E-state index in [2.05, 4.69) is 11.4 Å². The van der Waals surface area contributed by atoms with Crippen LogP contribution in [0.4, 0.5) is 5.69 Å². The van der Waals surface area contributed by atoms with Crippen LogP contribution >= 0.6 is 11.3 Å². The van der Waals surface area contributed by atoms with Crippen LogP contribution in [-0.2, 0) is 9.53 Å². The first-order valence-corrected chi connectivity index (χ1v) is 10.4. The van der Waals surface area contributed by atoms with E-state index in [9.17, 15) is 9.59 Å². The number of nitrogens with zero attached hydrogens (tertiary/aromatic N) is 1. The van der Waals surface area contributed by atoms with E-state index in [1.165, 1.54) is 36.9 Å². The third-order valence-electron chi connectivity index (χ3n) is 5.20. The second-order valence-electron chi connectivity index (χ2n) is 6.89. The van der Waals surface area contributed by atoms with Gasteiger partial charge in [0.2, 0.25) is 5.91 Å². The number of thiophene rings is 1. The van der Waals surface area contributed by atoms with Gasteiger partial charge in [0, 0.05) is 17.3 Å². The Hall–Kier alpha value is -1.66. The van der Waals surface area contributed by atoms with Gasteiger partial charge in [-0.1, -0.05) is 13.0 Å². The maximum atomic E-state index is 12.8. The van der Waals surface area contributed by atoms with Crippen molar-refractivity contribution in [1.29, 1.82) is 0 Å². The molecule has 0 bridgehead atoms. The molecule has 1 aliphatic carbocycles. The zero-order valence-corrected chi connectivity index (χ0v) is 16.5. The molecule has 1 saturated heterocycles. The highest BCUT2D eigenvalue weighted by Crippen LogP contribution is 2.39. The van der Waals surface area contributed by atoms with Gasteiger partial charge in [-0.15, -0.1) is 11.3 Å². The van der Waals surface area contributed by atoms with Crippen molar-refractivity contribution >= 4 is 34.5 Å². The number of carbonyl (C=O) groups excluding carboxylic acids is 2. The highest BCUT2D eigenvalue weighted by molar-refractivity contribution is 7.15. The summed E-state index contributed by atoms with van der Waals surface area (Å²) in [6.45, 7) is 3.67. The molecule has 1 aliphatic heterocycles. The predicted molar refractivity (Wildman–Crippen MR) is 106 cm³/mol. The van der Waals surface area contributed by atoms with Gasteiger partial charge in [0.25, 0.3) is 0 Å². The molecule has 142 valence electrons. The van der Waals surface area contributed by atoms with Gasteiger partial charge >= 0.3 is 5.97 Å². The summed E-state index contributed by atoms with van der Waals surface area (Å²) in [6, 6.07) is 2.18. The Kier molecular flexibility index (Phi) is 6.48. The van der Waals surface area contributed by atoms with Crippen LogP contribution in [0.15, 0.2) is 12.1 Å². The molecule has 26 heavy (non-hydrogen) atoms. The molecular weight excluding hydrogens is 348 g/mol. The highest BCUT2D eigenvalue weighted by atomic mass is 32.1. The number of hydrogen-bond donors (Lipinski definition) is 1. The van der Waals surface area contributed by atoms with Gasteiger partial charge in [-0.3, -0.25) is 4.79 Å². The van der Waals surface area contributed by atoms with Gasteiger partial charge in [0.15, 0.2) is 0 Å². The molecule has 0 radical (unpaired) electrons. The molecule has 6 heteroatoms. The maximum Gasteiger partial charge on any atom is 0.350 e. The Morgan fingerprint density at radius 2 is 2.08 bits per heavy atom. The van der Waals surface area contributed by atoms with Crippen molar-refractivity contribution in [3.63, 3.8) is 0 Å². The molecule has 0 atom stereocenters. The molecule has 2 aliphatic rings. The van der Waals surface area contributed by atoms with Gasteiger partial charge < -0.3 is 15.0 Å². The van der Waals surface area contributed by atoms with E-state index < -0.39 is 0 Å². The second-order valence-corrected chi connectivity index (χ2v) is 7.94. The van der Waals surface area contributed by atoms with Crippen molar-refractivity contribution < 1.29 is 14.3 Å². The topological polar surface area (TPSA) is 58.6 Å². The van der Waals surface area contributed by atoms with Crippen molar-refractivity contribution in [1.82, 2.24) is 5.32 Å². The van der Waals surface area contributed by atoms with E-state index in [0.717, 1.165) is 49.3 Å². The van der Waals surface area contributed by atoms with E-state index in [0.29, 0.717) is 11.3 Å². The first-order valence-electron chi connectivity index (χ1n) is 9.60. The second kappa shape index (κ2) is 8.82. The number of amides is 1. The Labute approximate surface area is 159 Å². The Bertz CT molecular complexity index is 689. The highest BCUT2D eigenvalue weighted by Gasteiger charge is 2.31. The number of allylic oxidation sites excluding steroid dienone is 2. The predicted octanol–water partition coefficient (Wildman–Crippen LogP) is 3.99. The zero-order valence-electron chi connectivity index (χ0n) is 15.7. The fraction of sp³-hybridized carbons (Fsp3) is 0.600. The molecule has 1 aromatic rings. The first-order chi connectivity index (χ1) is 12.7. The Morgan fingerprint density at radius 1 is 1.31 bits per heavy atom. The van der Waals surface area contributed by atoms with Gasteiger partial charge in [0.05, 0.1) is 12.8 Å². The van der Waals surface area contributed by atoms with Crippen molar-refractivity contribution in [3.8, 4) is 0 Å².